The fraction of sp³-hybridized carbons (Fsp3) is 0.474. The first-order valence-electron chi connectivity index (χ1n) is 8.01. The predicted molar refractivity (Wildman–Crippen MR) is 93.1 cm³/mol. The SMILES string of the molecule is C=C/C=C(\CC)N(C)c1cccc(OCCCCCC)c1. The lowest BCUT2D eigenvalue weighted by Gasteiger charge is -2.22. The molecular weight excluding hydrogens is 258 g/mol. The van der Waals surface area contributed by atoms with Gasteiger partial charge in [-0.25, -0.2) is 0 Å². The Labute approximate surface area is 130 Å². The third-order valence-corrected chi connectivity index (χ3v) is 3.57. The van der Waals surface area contributed by atoms with Crippen molar-refractivity contribution in [3.63, 3.8) is 0 Å². The third-order valence-electron chi connectivity index (χ3n) is 3.57. The van der Waals surface area contributed by atoms with E-state index in [9.17, 15) is 0 Å². The van der Waals surface area contributed by atoms with Gasteiger partial charge >= 0.3 is 0 Å². The molecule has 21 heavy (non-hydrogen) atoms. The van der Waals surface area contributed by atoms with E-state index in [1.54, 1.807) is 0 Å². The maximum absolute atomic E-state index is 5.85. The van der Waals surface area contributed by atoms with Crippen LogP contribution in [0.5, 0.6) is 5.75 Å². The normalized spacial score (nSPS) is 11.3. The van der Waals surface area contributed by atoms with E-state index in [-0.39, 0.29) is 0 Å². The molecule has 0 heterocycles. The van der Waals surface area contributed by atoms with Crippen LogP contribution in [0, 0.1) is 0 Å². The number of anilines is 1. The molecule has 2 heteroatoms. The largest absolute Gasteiger partial charge is 0.494 e. The van der Waals surface area contributed by atoms with Crippen molar-refractivity contribution in [3.05, 3.63) is 48.7 Å². The lowest BCUT2D eigenvalue weighted by atomic mass is 10.2. The minimum Gasteiger partial charge on any atom is -0.494 e. The van der Waals surface area contributed by atoms with E-state index in [2.05, 4.69) is 50.6 Å². The highest BCUT2D eigenvalue weighted by atomic mass is 16.5. The molecule has 0 aliphatic rings. The summed E-state index contributed by atoms with van der Waals surface area (Å²) in [7, 11) is 2.08. The molecule has 0 saturated carbocycles. The van der Waals surface area contributed by atoms with Crippen LogP contribution in [-0.4, -0.2) is 13.7 Å². The zero-order valence-electron chi connectivity index (χ0n) is 13.8. The molecule has 0 unspecified atom stereocenters. The van der Waals surface area contributed by atoms with E-state index >= 15 is 0 Å². The molecule has 1 aromatic carbocycles. The van der Waals surface area contributed by atoms with Gasteiger partial charge in [0.2, 0.25) is 0 Å². The Hall–Kier alpha value is -1.70. The van der Waals surface area contributed by atoms with Gasteiger partial charge in [0.1, 0.15) is 5.75 Å². The summed E-state index contributed by atoms with van der Waals surface area (Å²) >= 11 is 0. The van der Waals surface area contributed by atoms with Crippen LogP contribution < -0.4 is 9.64 Å². The molecule has 0 spiro atoms. The Morgan fingerprint density at radius 1 is 1.24 bits per heavy atom. The van der Waals surface area contributed by atoms with E-state index in [1.165, 1.54) is 25.0 Å². The Kier molecular flexibility index (Phi) is 8.34. The molecule has 2 nitrogen and oxygen atoms in total. The number of hydrogen-bond donors (Lipinski definition) is 0. The van der Waals surface area contributed by atoms with Crippen molar-refractivity contribution in [1.82, 2.24) is 0 Å². The molecule has 0 aliphatic heterocycles. The summed E-state index contributed by atoms with van der Waals surface area (Å²) in [6.07, 6.45) is 9.79. The van der Waals surface area contributed by atoms with Gasteiger partial charge in [0.05, 0.1) is 6.61 Å². The van der Waals surface area contributed by atoms with Crippen LogP contribution in [0.25, 0.3) is 0 Å². The standard InChI is InChI=1S/C19H29NO/c1-5-8-9-10-15-21-19-14-11-13-18(16-19)20(4)17(7-3)12-6-2/h6,11-14,16H,2,5,7-10,15H2,1,3-4H3/b17-12+. The van der Waals surface area contributed by atoms with Crippen LogP contribution in [0.3, 0.4) is 0 Å². The number of rotatable bonds is 10. The molecule has 0 N–H and O–H groups in total. The molecule has 0 radical (unpaired) electrons. The zero-order chi connectivity index (χ0) is 15.5. The Bertz CT molecular complexity index is 451. The van der Waals surface area contributed by atoms with Gasteiger partial charge in [-0.15, -0.1) is 0 Å². The average molecular weight is 287 g/mol. The summed E-state index contributed by atoms with van der Waals surface area (Å²) in [5.41, 5.74) is 2.39. The van der Waals surface area contributed by atoms with Gasteiger partial charge in [-0.1, -0.05) is 51.8 Å². The van der Waals surface area contributed by atoms with Crippen molar-refractivity contribution in [3.8, 4) is 5.75 Å². The van der Waals surface area contributed by atoms with E-state index in [4.69, 9.17) is 4.74 Å². The van der Waals surface area contributed by atoms with Crippen LogP contribution in [0.2, 0.25) is 0 Å². The minimum absolute atomic E-state index is 0.802. The number of hydrogen-bond acceptors (Lipinski definition) is 2. The summed E-state index contributed by atoms with van der Waals surface area (Å²) in [6.45, 7) is 8.96. The first-order chi connectivity index (χ1) is 10.2. The first kappa shape index (κ1) is 17.4. The van der Waals surface area contributed by atoms with Crippen molar-refractivity contribution in [1.29, 1.82) is 0 Å². The van der Waals surface area contributed by atoms with Gasteiger partial charge in [-0.05, 0) is 31.1 Å². The lowest BCUT2D eigenvalue weighted by Crippen LogP contribution is -2.15. The van der Waals surface area contributed by atoms with Gasteiger partial charge in [-0.3, -0.25) is 0 Å². The van der Waals surface area contributed by atoms with E-state index in [0.717, 1.165) is 30.9 Å². The molecule has 1 aromatic rings. The maximum Gasteiger partial charge on any atom is 0.121 e. The molecule has 0 saturated heterocycles. The fourth-order valence-corrected chi connectivity index (χ4v) is 2.27. The van der Waals surface area contributed by atoms with Gasteiger partial charge in [0.25, 0.3) is 0 Å². The summed E-state index contributed by atoms with van der Waals surface area (Å²) in [5, 5.41) is 0. The number of ether oxygens (including phenoxy) is 1. The zero-order valence-corrected chi connectivity index (χ0v) is 13.8. The summed E-state index contributed by atoms with van der Waals surface area (Å²) < 4.78 is 5.85. The minimum atomic E-state index is 0.802. The van der Waals surface area contributed by atoms with Gasteiger partial charge in [0.15, 0.2) is 0 Å². The molecular formula is C19H29NO. The van der Waals surface area contributed by atoms with Gasteiger partial charge < -0.3 is 9.64 Å². The Morgan fingerprint density at radius 3 is 2.71 bits per heavy atom. The highest BCUT2D eigenvalue weighted by Gasteiger charge is 2.06. The van der Waals surface area contributed by atoms with Crippen molar-refractivity contribution in [2.24, 2.45) is 0 Å². The summed E-state index contributed by atoms with van der Waals surface area (Å²) in [6, 6.07) is 8.29. The fourth-order valence-electron chi connectivity index (χ4n) is 2.27. The lowest BCUT2D eigenvalue weighted by molar-refractivity contribution is 0.305. The summed E-state index contributed by atoms with van der Waals surface area (Å²) in [5.74, 6) is 0.949. The molecule has 0 bridgehead atoms. The Balaban J connectivity index is 2.63. The van der Waals surface area contributed by atoms with Crippen LogP contribution in [-0.2, 0) is 0 Å². The topological polar surface area (TPSA) is 12.5 Å². The highest BCUT2D eigenvalue weighted by Crippen LogP contribution is 2.24. The van der Waals surface area contributed by atoms with Crippen molar-refractivity contribution >= 4 is 5.69 Å². The second kappa shape index (κ2) is 10.1. The Morgan fingerprint density at radius 2 is 2.05 bits per heavy atom. The van der Waals surface area contributed by atoms with E-state index in [1.807, 2.05) is 18.2 Å². The smallest absolute Gasteiger partial charge is 0.121 e. The van der Waals surface area contributed by atoms with E-state index < -0.39 is 0 Å². The van der Waals surface area contributed by atoms with Gasteiger partial charge in [-0.2, -0.15) is 0 Å². The second-order valence-electron chi connectivity index (χ2n) is 5.21. The number of allylic oxidation sites excluding steroid dienone is 3. The first-order valence-corrected chi connectivity index (χ1v) is 8.01. The molecule has 116 valence electrons. The molecule has 0 fully saturated rings. The van der Waals surface area contributed by atoms with Crippen LogP contribution in [0.1, 0.15) is 46.0 Å². The molecule has 0 aliphatic carbocycles. The number of benzene rings is 1. The quantitative estimate of drug-likeness (QED) is 0.412. The molecule has 0 aromatic heterocycles. The van der Waals surface area contributed by atoms with Crippen molar-refractivity contribution < 1.29 is 4.74 Å². The summed E-state index contributed by atoms with van der Waals surface area (Å²) in [4.78, 5) is 2.19. The predicted octanol–water partition coefficient (Wildman–Crippen LogP) is 5.56. The second-order valence-corrected chi connectivity index (χ2v) is 5.21. The van der Waals surface area contributed by atoms with Crippen LogP contribution in [0.4, 0.5) is 5.69 Å². The molecule has 1 rings (SSSR count). The van der Waals surface area contributed by atoms with Crippen molar-refractivity contribution in [2.45, 2.75) is 46.0 Å². The average Bonchev–Trinajstić information content (AvgIpc) is 2.52. The monoisotopic (exact) mass is 287 g/mol. The van der Waals surface area contributed by atoms with E-state index in [0.29, 0.717) is 0 Å². The third kappa shape index (κ3) is 6.07. The highest BCUT2D eigenvalue weighted by molar-refractivity contribution is 5.54. The van der Waals surface area contributed by atoms with Crippen LogP contribution in [0.15, 0.2) is 48.7 Å². The van der Waals surface area contributed by atoms with Crippen LogP contribution >= 0.6 is 0 Å². The number of nitrogens with zero attached hydrogens (tertiary/aromatic N) is 1. The molecule has 0 amide bonds. The number of unbranched alkanes of at least 4 members (excludes halogenated alkanes) is 3. The maximum atomic E-state index is 5.85. The van der Waals surface area contributed by atoms with Gasteiger partial charge in [0, 0.05) is 24.5 Å². The molecule has 0 atom stereocenters. The van der Waals surface area contributed by atoms with Crippen molar-refractivity contribution in [2.75, 3.05) is 18.6 Å².